The number of piperidine rings is 1. The fraction of sp³-hybridized carbons (Fsp3) is 0.500. The Kier molecular flexibility index (Phi) is 6.17. The molecule has 0 spiro atoms. The molecule has 7 nitrogen and oxygen atoms in total. The molecule has 1 saturated heterocycles. The molecule has 0 radical (unpaired) electrons. The van der Waals surface area contributed by atoms with Crippen LogP contribution in [0.1, 0.15) is 52.9 Å². The van der Waals surface area contributed by atoms with Crippen molar-refractivity contribution >= 4 is 28.4 Å². The summed E-state index contributed by atoms with van der Waals surface area (Å²) in [4.78, 5) is 28.7. The maximum atomic E-state index is 13.0. The first kappa shape index (κ1) is 21.0. The van der Waals surface area contributed by atoms with Crippen LogP contribution in [0.25, 0.3) is 0 Å². The van der Waals surface area contributed by atoms with Gasteiger partial charge >= 0.3 is 5.97 Å². The van der Waals surface area contributed by atoms with E-state index in [4.69, 9.17) is 4.74 Å². The number of hydrogen-bond acceptors (Lipinski definition) is 7. The first-order valence-electron chi connectivity index (χ1n) is 10.4. The number of fused-ring (bicyclic) bond motifs is 1. The zero-order valence-electron chi connectivity index (χ0n) is 17.3. The van der Waals surface area contributed by atoms with E-state index in [1.165, 1.54) is 11.5 Å². The number of β-amino-alcohol motifs (C(OH)–C–C–N with tert-alkyl or cyclic N) is 1. The van der Waals surface area contributed by atoms with E-state index >= 15 is 0 Å². The Morgan fingerprint density at radius 2 is 2.13 bits per heavy atom. The highest BCUT2D eigenvalue weighted by Gasteiger charge is 2.31. The average molecular weight is 430 g/mol. The summed E-state index contributed by atoms with van der Waals surface area (Å²) < 4.78 is 9.22. The Morgan fingerprint density at radius 1 is 1.37 bits per heavy atom. The van der Waals surface area contributed by atoms with Gasteiger partial charge in [0.2, 0.25) is 5.91 Å². The van der Waals surface area contributed by atoms with E-state index in [0.717, 1.165) is 47.6 Å². The van der Waals surface area contributed by atoms with Gasteiger partial charge in [-0.1, -0.05) is 6.07 Å². The third-order valence-corrected chi connectivity index (χ3v) is 6.98. The molecule has 0 saturated carbocycles. The summed E-state index contributed by atoms with van der Waals surface area (Å²) in [6, 6.07) is 5.46. The lowest BCUT2D eigenvalue weighted by atomic mass is 9.93. The Labute approximate surface area is 180 Å². The van der Waals surface area contributed by atoms with Crippen molar-refractivity contribution in [1.82, 2.24) is 9.27 Å². The number of amides is 1. The van der Waals surface area contributed by atoms with Crippen LogP contribution in [-0.2, 0) is 16.1 Å². The zero-order chi connectivity index (χ0) is 21.3. The molecule has 2 aliphatic heterocycles. The van der Waals surface area contributed by atoms with Crippen molar-refractivity contribution < 1.29 is 19.4 Å². The van der Waals surface area contributed by atoms with Crippen LogP contribution >= 0.6 is 11.5 Å². The molecule has 1 N–H and O–H groups in total. The monoisotopic (exact) mass is 429 g/mol. The van der Waals surface area contributed by atoms with Crippen LogP contribution in [0.2, 0.25) is 0 Å². The summed E-state index contributed by atoms with van der Waals surface area (Å²) in [5.41, 5.74) is 3.25. The van der Waals surface area contributed by atoms with E-state index in [1.807, 2.05) is 30.9 Å². The lowest BCUT2D eigenvalue weighted by Gasteiger charge is -2.34. The molecule has 1 atom stereocenters. The van der Waals surface area contributed by atoms with Gasteiger partial charge in [-0.15, -0.1) is 0 Å². The third kappa shape index (κ3) is 3.99. The molecule has 0 unspecified atom stereocenters. The van der Waals surface area contributed by atoms with E-state index < -0.39 is 6.10 Å². The van der Waals surface area contributed by atoms with Gasteiger partial charge in [-0.2, -0.15) is 4.37 Å². The Hall–Kier alpha value is -2.29. The highest BCUT2D eigenvalue weighted by molar-refractivity contribution is 7.10. The number of benzene rings is 1. The third-order valence-electron chi connectivity index (χ3n) is 6.21. The van der Waals surface area contributed by atoms with Gasteiger partial charge in [-0.05, 0) is 74.6 Å². The SMILES string of the molecule is CCN(C(=O)C1CCN(C[C@H](O)c2ccc3c(c2C)COC3=O)CC1)c1ccns1. The second kappa shape index (κ2) is 8.83. The van der Waals surface area contributed by atoms with E-state index in [1.54, 1.807) is 12.3 Å². The number of nitrogens with zero attached hydrogens (tertiary/aromatic N) is 3. The number of aliphatic hydroxyl groups is 1. The molecule has 1 aromatic carbocycles. The van der Waals surface area contributed by atoms with Crippen LogP contribution in [0.4, 0.5) is 5.00 Å². The van der Waals surface area contributed by atoms with Gasteiger partial charge in [0, 0.05) is 30.8 Å². The number of likely N-dealkylation sites (tertiary alicyclic amines) is 1. The van der Waals surface area contributed by atoms with E-state index in [0.29, 0.717) is 18.7 Å². The summed E-state index contributed by atoms with van der Waals surface area (Å²) in [6.07, 6.45) is 2.66. The maximum Gasteiger partial charge on any atom is 0.338 e. The fourth-order valence-electron chi connectivity index (χ4n) is 4.42. The predicted octanol–water partition coefficient (Wildman–Crippen LogP) is 2.92. The number of carbonyl (C=O) groups is 2. The lowest BCUT2D eigenvalue weighted by Crippen LogP contribution is -2.43. The molecule has 160 valence electrons. The normalized spacial score (nSPS) is 18.2. The summed E-state index contributed by atoms with van der Waals surface area (Å²) in [6.45, 7) is 6.91. The first-order valence-corrected chi connectivity index (χ1v) is 11.2. The molecule has 1 amide bonds. The van der Waals surface area contributed by atoms with E-state index in [9.17, 15) is 14.7 Å². The number of cyclic esters (lactones) is 1. The van der Waals surface area contributed by atoms with Crippen molar-refractivity contribution in [2.75, 3.05) is 31.1 Å². The molecule has 0 bridgehead atoms. The number of carbonyl (C=O) groups excluding carboxylic acids is 2. The van der Waals surface area contributed by atoms with Gasteiger partial charge in [-0.25, -0.2) is 4.79 Å². The molecule has 2 aromatic rings. The smallest absolute Gasteiger partial charge is 0.338 e. The van der Waals surface area contributed by atoms with Gasteiger partial charge in [0.15, 0.2) is 0 Å². The Bertz CT molecular complexity index is 923. The zero-order valence-corrected chi connectivity index (χ0v) is 18.2. The second-order valence-electron chi connectivity index (χ2n) is 7.91. The van der Waals surface area contributed by atoms with Crippen LogP contribution < -0.4 is 4.90 Å². The number of ether oxygens (including phenoxy) is 1. The van der Waals surface area contributed by atoms with Crippen molar-refractivity contribution in [1.29, 1.82) is 0 Å². The largest absolute Gasteiger partial charge is 0.457 e. The van der Waals surface area contributed by atoms with Crippen LogP contribution in [-0.4, -0.2) is 52.4 Å². The summed E-state index contributed by atoms with van der Waals surface area (Å²) in [5, 5.41) is 11.7. The topological polar surface area (TPSA) is 83.0 Å². The molecule has 8 heteroatoms. The van der Waals surface area contributed by atoms with Crippen molar-refractivity contribution in [3.63, 3.8) is 0 Å². The number of anilines is 1. The molecule has 4 rings (SSSR count). The highest BCUT2D eigenvalue weighted by Crippen LogP contribution is 2.31. The first-order chi connectivity index (χ1) is 14.5. The number of aliphatic hydroxyl groups excluding tert-OH is 1. The fourth-order valence-corrected chi connectivity index (χ4v) is 5.09. The molecule has 2 aliphatic rings. The Morgan fingerprint density at radius 3 is 2.80 bits per heavy atom. The molecule has 30 heavy (non-hydrogen) atoms. The van der Waals surface area contributed by atoms with Gasteiger partial charge in [0.1, 0.15) is 11.6 Å². The molecule has 1 fully saturated rings. The van der Waals surface area contributed by atoms with Crippen LogP contribution in [0.3, 0.4) is 0 Å². The average Bonchev–Trinajstić information content (AvgIpc) is 3.40. The maximum absolute atomic E-state index is 13.0. The predicted molar refractivity (Wildman–Crippen MR) is 115 cm³/mol. The molecule has 0 aliphatic carbocycles. The minimum atomic E-state index is -0.636. The quantitative estimate of drug-likeness (QED) is 0.711. The summed E-state index contributed by atoms with van der Waals surface area (Å²) in [7, 11) is 0. The number of rotatable bonds is 6. The van der Waals surface area contributed by atoms with Gasteiger partial charge in [-0.3, -0.25) is 4.79 Å². The van der Waals surface area contributed by atoms with Gasteiger partial charge < -0.3 is 19.6 Å². The number of hydrogen-bond donors (Lipinski definition) is 1. The van der Waals surface area contributed by atoms with E-state index in [2.05, 4.69) is 9.27 Å². The Balaban J connectivity index is 1.35. The van der Waals surface area contributed by atoms with Crippen LogP contribution in [0, 0.1) is 12.8 Å². The molecular formula is C22H27N3O4S. The highest BCUT2D eigenvalue weighted by atomic mass is 32.1. The second-order valence-corrected chi connectivity index (χ2v) is 8.72. The minimum absolute atomic E-state index is 0.00494. The van der Waals surface area contributed by atoms with Crippen LogP contribution in [0.5, 0.6) is 0 Å². The van der Waals surface area contributed by atoms with Gasteiger partial charge in [0.25, 0.3) is 0 Å². The molecule has 3 heterocycles. The minimum Gasteiger partial charge on any atom is -0.457 e. The molecule has 1 aromatic heterocycles. The molecular weight excluding hydrogens is 402 g/mol. The van der Waals surface area contributed by atoms with Crippen molar-refractivity contribution in [2.24, 2.45) is 5.92 Å². The van der Waals surface area contributed by atoms with Crippen molar-refractivity contribution in [3.8, 4) is 0 Å². The number of esters is 1. The van der Waals surface area contributed by atoms with Crippen molar-refractivity contribution in [3.05, 3.63) is 46.6 Å². The summed E-state index contributed by atoms with van der Waals surface area (Å²) in [5.74, 6) is -0.119. The van der Waals surface area contributed by atoms with E-state index in [-0.39, 0.29) is 24.4 Å². The lowest BCUT2D eigenvalue weighted by molar-refractivity contribution is -0.123. The number of aromatic nitrogens is 1. The van der Waals surface area contributed by atoms with Crippen molar-refractivity contribution in [2.45, 2.75) is 39.4 Å². The summed E-state index contributed by atoms with van der Waals surface area (Å²) >= 11 is 1.35. The van der Waals surface area contributed by atoms with Gasteiger partial charge in [0.05, 0.1) is 11.7 Å². The standard InChI is InChI=1S/C22H27N3O4S/c1-3-25(20-6-9-23-30-20)21(27)15-7-10-24(11-8-15)12-19(26)16-4-5-17-18(14(16)2)13-29-22(17)28/h4-6,9,15,19,26H,3,7-8,10-13H2,1-2H3/t19-/m0/s1. The van der Waals surface area contributed by atoms with Crippen LogP contribution in [0.15, 0.2) is 24.4 Å².